The molecule has 0 radical (unpaired) electrons. The van der Waals surface area contributed by atoms with Crippen molar-refractivity contribution in [1.29, 1.82) is 0 Å². The maximum atomic E-state index is 11.4. The molecule has 154 valence electrons. The number of para-hydroxylation sites is 2. The molecule has 30 heavy (non-hydrogen) atoms. The second-order valence-corrected chi connectivity index (χ2v) is 7.36. The lowest BCUT2D eigenvalue weighted by Gasteiger charge is -2.33. The van der Waals surface area contributed by atoms with E-state index in [1.807, 2.05) is 43.3 Å². The van der Waals surface area contributed by atoms with Gasteiger partial charge in [0.1, 0.15) is 0 Å². The molecule has 8 nitrogen and oxygen atoms in total. The van der Waals surface area contributed by atoms with Crippen LogP contribution in [0.4, 0.5) is 22.7 Å². The van der Waals surface area contributed by atoms with Gasteiger partial charge in [0.2, 0.25) is 0 Å². The lowest BCUT2D eigenvalue weighted by Crippen LogP contribution is -2.34. The van der Waals surface area contributed by atoms with Crippen LogP contribution in [-0.2, 0) is 5.54 Å². The molecule has 1 aliphatic rings. The lowest BCUT2D eigenvalue weighted by molar-refractivity contribution is 0.296. The Morgan fingerprint density at radius 3 is 2.30 bits per heavy atom. The minimum atomic E-state index is -0.677. The highest BCUT2D eigenvalue weighted by Gasteiger charge is 2.32. The van der Waals surface area contributed by atoms with Crippen molar-refractivity contribution in [3.05, 3.63) is 94.3 Å². The highest BCUT2D eigenvalue weighted by Crippen LogP contribution is 2.40. The van der Waals surface area contributed by atoms with E-state index in [9.17, 15) is 20.8 Å². The molecule has 1 atom stereocenters. The van der Waals surface area contributed by atoms with E-state index in [0.717, 1.165) is 16.9 Å². The van der Waals surface area contributed by atoms with Gasteiger partial charge in [0.25, 0.3) is 0 Å². The number of rotatable bonds is 4. The topological polar surface area (TPSA) is 117 Å². The summed E-state index contributed by atoms with van der Waals surface area (Å²) in [6.07, 6.45) is 0.420. The summed E-state index contributed by atoms with van der Waals surface area (Å²) < 4.78 is 0. The van der Waals surface area contributed by atoms with Crippen LogP contribution in [0.5, 0.6) is 0 Å². The maximum Gasteiger partial charge on any atom is 0.0864 e. The molecule has 4 rings (SSSR count). The Morgan fingerprint density at radius 1 is 0.900 bits per heavy atom. The van der Waals surface area contributed by atoms with Gasteiger partial charge in [-0.15, -0.1) is 0 Å². The van der Waals surface area contributed by atoms with E-state index < -0.39 is 5.54 Å². The zero-order valence-corrected chi connectivity index (χ0v) is 16.2. The highest BCUT2D eigenvalue weighted by atomic mass is 16.8. The Hall–Kier alpha value is -3.43. The molecule has 0 spiro atoms. The predicted molar refractivity (Wildman–Crippen MR) is 116 cm³/mol. The van der Waals surface area contributed by atoms with E-state index in [1.165, 1.54) is 12.1 Å². The molecular formula is C22H20N4O4-2. The minimum absolute atomic E-state index is 0.103. The summed E-state index contributed by atoms with van der Waals surface area (Å²) in [7, 11) is 0. The quantitative estimate of drug-likeness (QED) is 0.528. The van der Waals surface area contributed by atoms with E-state index in [1.54, 1.807) is 24.3 Å². The second-order valence-electron chi connectivity index (χ2n) is 7.36. The van der Waals surface area contributed by atoms with Gasteiger partial charge in [0, 0.05) is 6.42 Å². The fourth-order valence-electron chi connectivity index (χ4n) is 3.65. The molecule has 0 amide bonds. The summed E-state index contributed by atoms with van der Waals surface area (Å²) in [6.45, 7) is 1.98. The van der Waals surface area contributed by atoms with Gasteiger partial charge in [-0.25, -0.2) is 0 Å². The zero-order valence-electron chi connectivity index (χ0n) is 16.2. The van der Waals surface area contributed by atoms with E-state index in [-0.39, 0.29) is 21.8 Å². The van der Waals surface area contributed by atoms with Gasteiger partial charge in [0.15, 0.2) is 0 Å². The van der Waals surface area contributed by atoms with Crippen LogP contribution in [0.1, 0.15) is 24.5 Å². The molecule has 1 heterocycles. The number of hydrogen-bond acceptors (Lipinski definition) is 8. The maximum absolute atomic E-state index is 11.4. The normalized spacial score (nSPS) is 18.0. The Morgan fingerprint density at radius 2 is 1.57 bits per heavy atom. The molecule has 1 aliphatic heterocycles. The lowest BCUT2D eigenvalue weighted by atomic mass is 9.84. The third-order valence-electron chi connectivity index (χ3n) is 5.20. The number of nitrogens with one attached hydrogen (secondary N) is 1. The smallest absolute Gasteiger partial charge is 0.0864 e. The van der Waals surface area contributed by atoms with Crippen molar-refractivity contribution in [3.63, 3.8) is 0 Å². The average molecular weight is 404 g/mol. The Labute approximate surface area is 173 Å². The van der Waals surface area contributed by atoms with Gasteiger partial charge in [-0.05, 0) is 54.4 Å². The fraction of sp³-hybridized carbons (Fsp3) is 0.136. The summed E-state index contributed by atoms with van der Waals surface area (Å²) in [5.41, 5.74) is 3.26. The van der Waals surface area contributed by atoms with Gasteiger partial charge in [0.05, 0.1) is 34.0 Å². The molecule has 3 aromatic rings. The highest BCUT2D eigenvalue weighted by molar-refractivity contribution is 6.05. The molecule has 0 fully saturated rings. The van der Waals surface area contributed by atoms with Crippen molar-refractivity contribution in [2.45, 2.75) is 18.9 Å². The summed E-state index contributed by atoms with van der Waals surface area (Å²) in [5, 5.41) is 44.6. The van der Waals surface area contributed by atoms with Crippen molar-refractivity contribution in [2.75, 3.05) is 15.8 Å². The zero-order chi connectivity index (χ0) is 21.3. The molecule has 8 heteroatoms. The third-order valence-corrected chi connectivity index (χ3v) is 5.20. The fourth-order valence-corrected chi connectivity index (χ4v) is 3.65. The summed E-state index contributed by atoms with van der Waals surface area (Å²) >= 11 is 0. The van der Waals surface area contributed by atoms with Gasteiger partial charge >= 0.3 is 0 Å². The SMILES string of the molecule is C[C@]1(c2cccc(N([O-])O)c2)CC(c2cccc(N([O-])O)c2)=Nc2ccccc2N1. The summed E-state index contributed by atoms with van der Waals surface area (Å²) in [4.78, 5) is 4.82. The Kier molecular flexibility index (Phi) is 5.15. The first kappa shape index (κ1) is 19.9. The largest absolute Gasteiger partial charge is 0.733 e. The van der Waals surface area contributed by atoms with Gasteiger partial charge < -0.3 is 26.2 Å². The predicted octanol–water partition coefficient (Wildman–Crippen LogP) is 4.93. The van der Waals surface area contributed by atoms with Gasteiger partial charge in [-0.3, -0.25) is 15.4 Å². The Balaban J connectivity index is 1.85. The van der Waals surface area contributed by atoms with Crippen molar-refractivity contribution in [3.8, 4) is 0 Å². The summed E-state index contributed by atoms with van der Waals surface area (Å²) in [5.74, 6) is 0. The van der Waals surface area contributed by atoms with Crippen LogP contribution in [0.25, 0.3) is 0 Å². The molecule has 0 bridgehead atoms. The number of nitrogens with zero attached hydrogens (tertiary/aromatic N) is 3. The van der Waals surface area contributed by atoms with Crippen LogP contribution < -0.4 is 15.8 Å². The van der Waals surface area contributed by atoms with Crippen LogP contribution >= 0.6 is 0 Å². The van der Waals surface area contributed by atoms with Crippen LogP contribution in [0, 0.1) is 10.4 Å². The molecular weight excluding hydrogens is 384 g/mol. The van der Waals surface area contributed by atoms with Crippen LogP contribution in [0.15, 0.2) is 77.8 Å². The van der Waals surface area contributed by atoms with Crippen LogP contribution in [0.3, 0.4) is 0 Å². The summed E-state index contributed by atoms with van der Waals surface area (Å²) in [6, 6.07) is 20.9. The Bertz CT molecular complexity index is 1100. The number of hydrogen-bond donors (Lipinski definition) is 3. The first-order valence-electron chi connectivity index (χ1n) is 9.34. The van der Waals surface area contributed by atoms with E-state index in [2.05, 4.69) is 5.32 Å². The van der Waals surface area contributed by atoms with Crippen LogP contribution in [0.2, 0.25) is 0 Å². The van der Waals surface area contributed by atoms with Crippen LogP contribution in [-0.4, -0.2) is 16.1 Å². The van der Waals surface area contributed by atoms with E-state index >= 15 is 0 Å². The molecule has 3 N–H and O–H groups in total. The molecule has 0 unspecified atom stereocenters. The molecule has 3 aromatic carbocycles. The minimum Gasteiger partial charge on any atom is -0.733 e. The first-order chi connectivity index (χ1) is 14.4. The van der Waals surface area contributed by atoms with Crippen molar-refractivity contribution >= 4 is 28.5 Å². The average Bonchev–Trinajstić information content (AvgIpc) is 2.90. The third kappa shape index (κ3) is 3.85. The number of fused-ring (bicyclic) bond motifs is 1. The monoisotopic (exact) mass is 404 g/mol. The van der Waals surface area contributed by atoms with Crippen molar-refractivity contribution < 1.29 is 10.4 Å². The van der Waals surface area contributed by atoms with Crippen molar-refractivity contribution in [2.24, 2.45) is 4.99 Å². The number of anilines is 3. The van der Waals surface area contributed by atoms with Crippen molar-refractivity contribution in [1.82, 2.24) is 0 Å². The van der Waals surface area contributed by atoms with Gasteiger partial charge in [-0.1, -0.05) is 36.4 Å². The molecule has 0 aliphatic carbocycles. The first-order valence-corrected chi connectivity index (χ1v) is 9.34. The van der Waals surface area contributed by atoms with E-state index in [4.69, 9.17) is 4.99 Å². The number of benzene rings is 3. The molecule has 0 saturated carbocycles. The molecule has 0 aromatic heterocycles. The number of aliphatic imine (C=N–C) groups is 1. The molecule has 0 saturated heterocycles. The van der Waals surface area contributed by atoms with Gasteiger partial charge in [-0.2, -0.15) is 0 Å². The standard InChI is InChI=1S/C22H20N4O4/c1-22(16-7-5-9-18(13-16)26(29)30)14-21(15-6-4-8-17(12-15)25(27)28)23-19-10-2-3-11-20(19)24-22/h2-13,24,27,29H,14H2,1H3/q-2/t22-/m1/s1. The second kappa shape index (κ2) is 7.77. The van der Waals surface area contributed by atoms with E-state index in [0.29, 0.717) is 17.7 Å².